The number of carbonyl (C=O) groups is 1. The molecule has 0 unspecified atom stereocenters. The van der Waals surface area contributed by atoms with E-state index in [1.807, 2.05) is 14.0 Å². The summed E-state index contributed by atoms with van der Waals surface area (Å²) in [6.45, 7) is 4.11. The average Bonchev–Trinajstić information content (AvgIpc) is 2.03. The van der Waals surface area contributed by atoms with Crippen molar-refractivity contribution in [3.63, 3.8) is 0 Å². The number of amides is 1. The first kappa shape index (κ1) is 9.52. The van der Waals surface area contributed by atoms with E-state index in [1.54, 1.807) is 4.90 Å². The molecule has 1 saturated heterocycles. The second kappa shape index (κ2) is 3.90. The summed E-state index contributed by atoms with van der Waals surface area (Å²) in [5, 5.41) is 0. The Morgan fingerprint density at radius 1 is 1.42 bits per heavy atom. The van der Waals surface area contributed by atoms with Gasteiger partial charge in [-0.05, 0) is 26.7 Å². The van der Waals surface area contributed by atoms with Gasteiger partial charge in [-0.15, -0.1) is 0 Å². The van der Waals surface area contributed by atoms with Crippen LogP contribution in [0.4, 0.5) is 0 Å². The molecule has 0 N–H and O–H groups in total. The van der Waals surface area contributed by atoms with Crippen molar-refractivity contribution in [2.75, 3.05) is 7.05 Å². The summed E-state index contributed by atoms with van der Waals surface area (Å²) in [7, 11) is 1.81. The molecule has 0 saturated carbocycles. The summed E-state index contributed by atoms with van der Waals surface area (Å²) < 4.78 is 5.62. The van der Waals surface area contributed by atoms with Crippen molar-refractivity contribution < 1.29 is 9.53 Å². The molecule has 1 aliphatic heterocycles. The molecule has 0 spiro atoms. The Hall–Kier alpha value is -0.570. The fourth-order valence-corrected chi connectivity index (χ4v) is 1.78. The van der Waals surface area contributed by atoms with Gasteiger partial charge < -0.3 is 9.64 Å². The van der Waals surface area contributed by atoms with E-state index < -0.39 is 0 Å². The highest BCUT2D eigenvalue weighted by Gasteiger charge is 2.28. The molecule has 1 heterocycles. The lowest BCUT2D eigenvalue weighted by atomic mass is 9.99. The van der Waals surface area contributed by atoms with Crippen LogP contribution in [-0.4, -0.2) is 36.6 Å². The van der Waals surface area contributed by atoms with E-state index in [4.69, 9.17) is 4.74 Å². The lowest BCUT2D eigenvalue weighted by Crippen LogP contribution is -2.45. The van der Waals surface area contributed by atoms with Gasteiger partial charge in [0.1, 0.15) is 0 Å². The quantitative estimate of drug-likeness (QED) is 0.581. The van der Waals surface area contributed by atoms with E-state index in [0.717, 1.165) is 19.3 Å². The van der Waals surface area contributed by atoms with Crippen LogP contribution in [-0.2, 0) is 9.53 Å². The summed E-state index contributed by atoms with van der Waals surface area (Å²) in [6, 6.07) is 0.263. The maximum atomic E-state index is 10.5. The molecular formula is C9H17NO2. The van der Waals surface area contributed by atoms with Gasteiger partial charge in [0, 0.05) is 7.05 Å². The molecule has 1 aliphatic rings. The monoisotopic (exact) mass is 171 g/mol. The lowest BCUT2D eigenvalue weighted by molar-refractivity contribution is -0.128. The van der Waals surface area contributed by atoms with Crippen molar-refractivity contribution in [1.82, 2.24) is 4.90 Å². The molecule has 1 rings (SSSR count). The van der Waals surface area contributed by atoms with Crippen molar-refractivity contribution in [2.24, 2.45) is 0 Å². The number of ether oxygens (including phenoxy) is 1. The minimum Gasteiger partial charge on any atom is -0.373 e. The van der Waals surface area contributed by atoms with Crippen molar-refractivity contribution in [3.8, 4) is 0 Å². The number of carbonyl (C=O) groups excluding carboxylic acids is 1. The number of hydrogen-bond acceptors (Lipinski definition) is 2. The zero-order valence-corrected chi connectivity index (χ0v) is 7.99. The van der Waals surface area contributed by atoms with E-state index >= 15 is 0 Å². The molecule has 3 atom stereocenters. The smallest absolute Gasteiger partial charge is 0.209 e. The van der Waals surface area contributed by atoms with Gasteiger partial charge in [0.25, 0.3) is 0 Å². The van der Waals surface area contributed by atoms with Crippen LogP contribution in [0.1, 0.15) is 26.7 Å². The molecule has 0 aliphatic carbocycles. The highest BCUT2D eigenvalue weighted by atomic mass is 16.5. The van der Waals surface area contributed by atoms with E-state index in [-0.39, 0.29) is 12.1 Å². The summed E-state index contributed by atoms with van der Waals surface area (Å²) >= 11 is 0. The zero-order chi connectivity index (χ0) is 9.14. The maximum Gasteiger partial charge on any atom is 0.209 e. The maximum absolute atomic E-state index is 10.5. The standard InChI is InChI=1S/C9H17NO2/c1-7-4-5-9(8(2)12-7)10(3)6-11/h6-9H,4-5H2,1-3H3/t7-,8+,9-/m0/s1. The molecule has 0 aromatic rings. The fourth-order valence-electron chi connectivity index (χ4n) is 1.78. The van der Waals surface area contributed by atoms with E-state index in [1.165, 1.54) is 0 Å². The Labute approximate surface area is 73.7 Å². The molecular weight excluding hydrogens is 154 g/mol. The third-order valence-corrected chi connectivity index (χ3v) is 2.55. The third-order valence-electron chi connectivity index (χ3n) is 2.55. The van der Waals surface area contributed by atoms with E-state index in [0.29, 0.717) is 6.10 Å². The molecule has 3 nitrogen and oxygen atoms in total. The predicted molar refractivity (Wildman–Crippen MR) is 46.9 cm³/mol. The number of nitrogens with zero attached hydrogens (tertiary/aromatic N) is 1. The Kier molecular flexibility index (Phi) is 3.09. The number of hydrogen-bond donors (Lipinski definition) is 0. The fraction of sp³-hybridized carbons (Fsp3) is 0.889. The second-order valence-corrected chi connectivity index (χ2v) is 3.57. The highest BCUT2D eigenvalue weighted by Crippen LogP contribution is 2.21. The number of rotatable bonds is 2. The Balaban J connectivity index is 2.49. The summed E-state index contributed by atoms with van der Waals surface area (Å²) in [5.41, 5.74) is 0. The molecule has 3 heteroatoms. The van der Waals surface area contributed by atoms with Crippen molar-refractivity contribution >= 4 is 6.41 Å². The summed E-state index contributed by atoms with van der Waals surface area (Å²) in [4.78, 5) is 12.2. The Bertz CT molecular complexity index is 161. The second-order valence-electron chi connectivity index (χ2n) is 3.57. The molecule has 1 amide bonds. The Morgan fingerprint density at radius 2 is 2.08 bits per heavy atom. The first-order valence-electron chi connectivity index (χ1n) is 4.48. The van der Waals surface area contributed by atoms with Crippen LogP contribution in [0.2, 0.25) is 0 Å². The average molecular weight is 171 g/mol. The SMILES string of the molecule is C[C@H]1CC[C@H](N(C)C=O)[C@@H](C)O1. The topological polar surface area (TPSA) is 29.5 Å². The first-order valence-corrected chi connectivity index (χ1v) is 4.48. The molecule has 0 aromatic carbocycles. The van der Waals surface area contributed by atoms with Gasteiger partial charge in [0.2, 0.25) is 6.41 Å². The van der Waals surface area contributed by atoms with Crippen LogP contribution in [0.15, 0.2) is 0 Å². The van der Waals surface area contributed by atoms with Crippen LogP contribution in [0.25, 0.3) is 0 Å². The van der Waals surface area contributed by atoms with Crippen LogP contribution in [0.5, 0.6) is 0 Å². The van der Waals surface area contributed by atoms with Crippen LogP contribution < -0.4 is 0 Å². The molecule has 70 valence electrons. The largest absolute Gasteiger partial charge is 0.373 e. The minimum atomic E-state index is 0.170. The van der Waals surface area contributed by atoms with Crippen LogP contribution in [0.3, 0.4) is 0 Å². The van der Waals surface area contributed by atoms with Gasteiger partial charge in [-0.3, -0.25) is 4.79 Å². The van der Waals surface area contributed by atoms with Crippen LogP contribution in [0, 0.1) is 0 Å². The van der Waals surface area contributed by atoms with Gasteiger partial charge in [0.15, 0.2) is 0 Å². The zero-order valence-electron chi connectivity index (χ0n) is 7.99. The minimum absolute atomic E-state index is 0.170. The predicted octanol–water partition coefficient (Wildman–Crippen LogP) is 1.03. The van der Waals surface area contributed by atoms with Gasteiger partial charge in [-0.25, -0.2) is 0 Å². The molecule has 0 bridgehead atoms. The van der Waals surface area contributed by atoms with Gasteiger partial charge in [0.05, 0.1) is 18.2 Å². The van der Waals surface area contributed by atoms with E-state index in [9.17, 15) is 4.79 Å². The number of likely N-dealkylation sites (N-methyl/N-ethyl adjacent to an activating group) is 1. The molecule has 0 aromatic heterocycles. The van der Waals surface area contributed by atoms with Gasteiger partial charge in [-0.2, -0.15) is 0 Å². The summed E-state index contributed by atoms with van der Waals surface area (Å²) in [5.74, 6) is 0. The van der Waals surface area contributed by atoms with Gasteiger partial charge >= 0.3 is 0 Å². The normalized spacial score (nSPS) is 36.1. The molecule has 12 heavy (non-hydrogen) atoms. The van der Waals surface area contributed by atoms with Crippen molar-refractivity contribution in [3.05, 3.63) is 0 Å². The highest BCUT2D eigenvalue weighted by molar-refractivity contribution is 5.47. The third kappa shape index (κ3) is 1.97. The van der Waals surface area contributed by atoms with Crippen molar-refractivity contribution in [2.45, 2.75) is 44.9 Å². The summed E-state index contributed by atoms with van der Waals surface area (Å²) in [6.07, 6.45) is 3.49. The van der Waals surface area contributed by atoms with E-state index in [2.05, 4.69) is 6.92 Å². The lowest BCUT2D eigenvalue weighted by Gasteiger charge is -2.36. The first-order chi connectivity index (χ1) is 5.65. The van der Waals surface area contributed by atoms with Crippen molar-refractivity contribution in [1.29, 1.82) is 0 Å². The molecule has 1 fully saturated rings. The van der Waals surface area contributed by atoms with Crippen LogP contribution >= 0.6 is 0 Å². The Morgan fingerprint density at radius 3 is 2.58 bits per heavy atom. The molecule has 0 radical (unpaired) electrons. The van der Waals surface area contributed by atoms with Gasteiger partial charge in [-0.1, -0.05) is 0 Å².